The second-order valence-electron chi connectivity index (χ2n) is 5.44. The van der Waals surface area contributed by atoms with Crippen molar-refractivity contribution in [1.29, 1.82) is 0 Å². The number of aromatic nitrogens is 3. The van der Waals surface area contributed by atoms with Crippen LogP contribution in [0.4, 0.5) is 5.82 Å². The number of benzene rings is 1. The van der Waals surface area contributed by atoms with E-state index in [0.29, 0.717) is 0 Å². The maximum atomic E-state index is 4.52. The van der Waals surface area contributed by atoms with Crippen molar-refractivity contribution < 1.29 is 0 Å². The van der Waals surface area contributed by atoms with Crippen LogP contribution in [0, 0.1) is 0 Å². The highest BCUT2D eigenvalue weighted by molar-refractivity contribution is 5.80. The summed E-state index contributed by atoms with van der Waals surface area (Å²) < 4.78 is 2.21. The highest BCUT2D eigenvalue weighted by atomic mass is 15.3. The normalized spacial score (nSPS) is 13.1. The van der Waals surface area contributed by atoms with E-state index >= 15 is 0 Å². The number of fused-ring (bicyclic) bond motifs is 3. The average Bonchev–Trinajstić information content (AvgIpc) is 3.14. The summed E-state index contributed by atoms with van der Waals surface area (Å²) in [5, 5.41) is 0. The van der Waals surface area contributed by atoms with Gasteiger partial charge in [-0.3, -0.25) is 0 Å². The zero-order valence-corrected chi connectivity index (χ0v) is 12.1. The molecule has 1 aromatic carbocycles. The molecule has 1 aliphatic heterocycles. The van der Waals surface area contributed by atoms with Gasteiger partial charge in [-0.05, 0) is 18.1 Å². The molecule has 4 rings (SSSR count). The van der Waals surface area contributed by atoms with Crippen LogP contribution in [0.1, 0.15) is 13.3 Å². The van der Waals surface area contributed by atoms with E-state index < -0.39 is 0 Å². The van der Waals surface area contributed by atoms with Gasteiger partial charge >= 0.3 is 0 Å². The highest BCUT2D eigenvalue weighted by Crippen LogP contribution is 2.37. The molecular formula is C17H18N4. The fraction of sp³-hybridized carbons (Fsp3) is 0.235. The van der Waals surface area contributed by atoms with E-state index in [9.17, 15) is 0 Å². The standard InChI is InChI=1S/C17H18N4/c1-2-9-20-12-21-10-8-18-16(21)14-11-15(19-17(14)20)13-6-4-3-5-7-13/h3-8,10-11,19H,2,9,12H2,1H3. The smallest absolute Gasteiger partial charge is 0.145 e. The molecule has 4 nitrogen and oxygen atoms in total. The van der Waals surface area contributed by atoms with Gasteiger partial charge in [0.2, 0.25) is 0 Å². The molecule has 1 aliphatic rings. The van der Waals surface area contributed by atoms with Crippen LogP contribution in [0.2, 0.25) is 0 Å². The van der Waals surface area contributed by atoms with Crippen molar-refractivity contribution in [3.63, 3.8) is 0 Å². The first-order chi connectivity index (χ1) is 10.4. The Morgan fingerprint density at radius 2 is 2.10 bits per heavy atom. The van der Waals surface area contributed by atoms with Gasteiger partial charge in [0.25, 0.3) is 0 Å². The third-order valence-electron chi connectivity index (χ3n) is 3.97. The summed E-state index contributed by atoms with van der Waals surface area (Å²) in [4.78, 5) is 10.5. The van der Waals surface area contributed by atoms with Crippen molar-refractivity contribution in [2.75, 3.05) is 11.4 Å². The summed E-state index contributed by atoms with van der Waals surface area (Å²) >= 11 is 0. The number of nitrogens with one attached hydrogen (secondary N) is 1. The van der Waals surface area contributed by atoms with Gasteiger partial charge in [-0.25, -0.2) is 4.98 Å². The fourth-order valence-corrected chi connectivity index (χ4v) is 3.01. The maximum Gasteiger partial charge on any atom is 0.145 e. The highest BCUT2D eigenvalue weighted by Gasteiger charge is 2.24. The largest absolute Gasteiger partial charge is 0.341 e. The summed E-state index contributed by atoms with van der Waals surface area (Å²) in [6, 6.07) is 12.7. The van der Waals surface area contributed by atoms with Gasteiger partial charge in [-0.15, -0.1) is 0 Å². The minimum absolute atomic E-state index is 0.866. The van der Waals surface area contributed by atoms with Crippen molar-refractivity contribution in [2.24, 2.45) is 0 Å². The van der Waals surface area contributed by atoms with Gasteiger partial charge < -0.3 is 14.5 Å². The molecule has 106 valence electrons. The van der Waals surface area contributed by atoms with Gasteiger partial charge in [0, 0.05) is 24.6 Å². The van der Waals surface area contributed by atoms with E-state index in [1.807, 2.05) is 12.3 Å². The molecule has 21 heavy (non-hydrogen) atoms. The summed E-state index contributed by atoms with van der Waals surface area (Å²) in [7, 11) is 0. The first kappa shape index (κ1) is 12.3. The van der Waals surface area contributed by atoms with Gasteiger partial charge in [0.05, 0.1) is 12.2 Å². The molecule has 0 atom stereocenters. The molecule has 0 aliphatic carbocycles. The first-order valence-electron chi connectivity index (χ1n) is 7.41. The van der Waals surface area contributed by atoms with Gasteiger partial charge in [0.1, 0.15) is 11.6 Å². The van der Waals surface area contributed by atoms with Gasteiger partial charge in [0.15, 0.2) is 0 Å². The lowest BCUT2D eigenvalue weighted by Gasteiger charge is -2.29. The predicted molar refractivity (Wildman–Crippen MR) is 85.1 cm³/mol. The minimum Gasteiger partial charge on any atom is -0.341 e. The van der Waals surface area contributed by atoms with E-state index in [0.717, 1.165) is 31.2 Å². The molecule has 3 heterocycles. The molecule has 0 radical (unpaired) electrons. The molecule has 0 unspecified atom stereocenters. The first-order valence-corrected chi connectivity index (χ1v) is 7.41. The molecule has 0 bridgehead atoms. The van der Waals surface area contributed by atoms with Crippen LogP contribution in [-0.4, -0.2) is 21.1 Å². The molecule has 0 amide bonds. The quantitative estimate of drug-likeness (QED) is 0.792. The zero-order valence-electron chi connectivity index (χ0n) is 12.1. The monoisotopic (exact) mass is 278 g/mol. The number of hydrogen-bond donors (Lipinski definition) is 1. The van der Waals surface area contributed by atoms with Crippen LogP contribution in [0.3, 0.4) is 0 Å². The number of H-pyrrole nitrogens is 1. The Bertz CT molecular complexity index is 754. The Hall–Kier alpha value is -2.49. The number of hydrogen-bond acceptors (Lipinski definition) is 2. The molecule has 4 heteroatoms. The Kier molecular flexibility index (Phi) is 2.81. The summed E-state index contributed by atoms with van der Waals surface area (Å²) in [6.45, 7) is 4.12. The third-order valence-corrected chi connectivity index (χ3v) is 3.97. The fourth-order valence-electron chi connectivity index (χ4n) is 3.01. The van der Waals surface area contributed by atoms with E-state index in [1.165, 1.54) is 16.9 Å². The Labute approximate surface area is 124 Å². The van der Waals surface area contributed by atoms with E-state index in [1.54, 1.807) is 0 Å². The Morgan fingerprint density at radius 1 is 1.24 bits per heavy atom. The number of rotatable bonds is 3. The summed E-state index contributed by atoms with van der Waals surface area (Å²) in [6.07, 6.45) is 5.06. The molecule has 0 fully saturated rings. The van der Waals surface area contributed by atoms with Crippen molar-refractivity contribution in [2.45, 2.75) is 20.0 Å². The van der Waals surface area contributed by atoms with Crippen LogP contribution in [-0.2, 0) is 6.67 Å². The number of nitrogens with zero attached hydrogens (tertiary/aromatic N) is 3. The van der Waals surface area contributed by atoms with Crippen molar-refractivity contribution in [3.8, 4) is 22.6 Å². The maximum absolute atomic E-state index is 4.52. The van der Waals surface area contributed by atoms with E-state index in [2.05, 4.69) is 62.9 Å². The van der Waals surface area contributed by atoms with Crippen LogP contribution in [0.15, 0.2) is 48.8 Å². The molecule has 0 saturated heterocycles. The van der Waals surface area contributed by atoms with Crippen molar-refractivity contribution in [1.82, 2.24) is 14.5 Å². The Morgan fingerprint density at radius 3 is 2.90 bits per heavy atom. The Balaban J connectivity index is 1.85. The molecule has 3 aromatic rings. The number of aromatic amines is 1. The molecule has 2 aromatic heterocycles. The molecule has 1 N–H and O–H groups in total. The SMILES string of the molecule is CCCN1Cn2ccnc2-c2cc(-c3ccccc3)[nH]c21. The van der Waals surface area contributed by atoms with E-state index in [4.69, 9.17) is 0 Å². The lowest BCUT2D eigenvalue weighted by molar-refractivity contribution is 0.616. The van der Waals surface area contributed by atoms with Gasteiger partial charge in [-0.2, -0.15) is 0 Å². The van der Waals surface area contributed by atoms with Crippen LogP contribution < -0.4 is 4.90 Å². The number of anilines is 1. The predicted octanol–water partition coefficient (Wildman–Crippen LogP) is 3.73. The summed E-state index contributed by atoms with van der Waals surface area (Å²) in [5.41, 5.74) is 3.55. The van der Waals surface area contributed by atoms with Crippen molar-refractivity contribution in [3.05, 3.63) is 48.8 Å². The molecular weight excluding hydrogens is 260 g/mol. The zero-order chi connectivity index (χ0) is 14.2. The van der Waals surface area contributed by atoms with Gasteiger partial charge in [-0.1, -0.05) is 37.3 Å². The minimum atomic E-state index is 0.866. The summed E-state index contributed by atoms with van der Waals surface area (Å²) in [5.74, 6) is 2.24. The topological polar surface area (TPSA) is 36.9 Å². The van der Waals surface area contributed by atoms with Crippen LogP contribution in [0.5, 0.6) is 0 Å². The second kappa shape index (κ2) is 4.81. The molecule has 0 spiro atoms. The van der Waals surface area contributed by atoms with Crippen LogP contribution in [0.25, 0.3) is 22.6 Å². The van der Waals surface area contributed by atoms with E-state index in [-0.39, 0.29) is 0 Å². The lowest BCUT2D eigenvalue weighted by Crippen LogP contribution is -2.30. The average molecular weight is 278 g/mol. The second-order valence-corrected chi connectivity index (χ2v) is 5.44. The lowest BCUT2D eigenvalue weighted by atomic mass is 10.1. The number of imidazole rings is 1. The van der Waals surface area contributed by atoms with Crippen molar-refractivity contribution >= 4 is 5.82 Å². The third kappa shape index (κ3) is 1.95. The molecule has 0 saturated carbocycles. The van der Waals surface area contributed by atoms with Crippen LogP contribution >= 0.6 is 0 Å².